The van der Waals surface area contributed by atoms with Crippen molar-refractivity contribution < 1.29 is 18.3 Å². The number of fused-ring (bicyclic) bond motifs is 5. The van der Waals surface area contributed by atoms with E-state index >= 15 is 0 Å². The quantitative estimate of drug-likeness (QED) is 0.777. The van der Waals surface area contributed by atoms with Crippen molar-refractivity contribution in [1.82, 2.24) is 9.78 Å². The van der Waals surface area contributed by atoms with Crippen molar-refractivity contribution >= 4 is 5.97 Å². The normalized spacial score (nSPS) is 26.1. The maximum atomic E-state index is 13.3. The summed E-state index contributed by atoms with van der Waals surface area (Å²) in [5, 5.41) is 3.81. The number of benzene rings is 1. The van der Waals surface area contributed by atoms with Crippen LogP contribution in [0, 0.1) is 5.41 Å². The molecule has 0 saturated heterocycles. The van der Waals surface area contributed by atoms with Crippen molar-refractivity contribution in [3.8, 4) is 0 Å². The molecule has 2 atom stereocenters. The Kier molecular flexibility index (Phi) is 3.33. The lowest BCUT2D eigenvalue weighted by atomic mass is 9.76. The molecule has 4 rings (SSSR count). The van der Waals surface area contributed by atoms with Gasteiger partial charge in [0.25, 0.3) is 6.43 Å². The summed E-state index contributed by atoms with van der Waals surface area (Å²) in [4.78, 5) is 12.8. The van der Waals surface area contributed by atoms with Crippen LogP contribution >= 0.6 is 0 Å². The highest BCUT2D eigenvalue weighted by molar-refractivity contribution is 5.91. The zero-order valence-electron chi connectivity index (χ0n) is 14.4. The van der Waals surface area contributed by atoms with Gasteiger partial charge in [-0.3, -0.25) is 4.68 Å². The van der Waals surface area contributed by atoms with Crippen molar-refractivity contribution in [2.45, 2.75) is 44.6 Å². The first-order chi connectivity index (χ1) is 11.8. The largest absolute Gasteiger partial charge is 0.450 e. The zero-order chi connectivity index (χ0) is 18.0. The van der Waals surface area contributed by atoms with Gasteiger partial charge >= 0.3 is 5.97 Å². The number of rotatable bonds is 3. The summed E-state index contributed by atoms with van der Waals surface area (Å²) in [7, 11) is 1.40. The smallest absolute Gasteiger partial charge is 0.342 e. The number of halogens is 2. The molecule has 1 aromatic heterocycles. The van der Waals surface area contributed by atoms with Gasteiger partial charge in [0.15, 0.2) is 0 Å². The van der Waals surface area contributed by atoms with E-state index in [1.807, 2.05) is 18.2 Å². The standard InChI is InChI=1S/C19H20F2N2O2/c1-18(2)13-8-9-19(18,14-7-5-4-6-11(13)14)25-17(24)12-10-22-23(3)15(12)16(20)21/h4-7,10,13,16H,8-9H2,1-3H3. The number of carbonyl (C=O) groups excluding carboxylic acids is 1. The summed E-state index contributed by atoms with van der Waals surface area (Å²) >= 11 is 0. The van der Waals surface area contributed by atoms with Crippen molar-refractivity contribution in [3.05, 3.63) is 52.8 Å². The van der Waals surface area contributed by atoms with Crippen LogP contribution in [0.3, 0.4) is 0 Å². The molecule has 2 bridgehead atoms. The van der Waals surface area contributed by atoms with Crippen molar-refractivity contribution in [1.29, 1.82) is 0 Å². The van der Waals surface area contributed by atoms with Crippen LogP contribution in [-0.2, 0) is 17.4 Å². The van der Waals surface area contributed by atoms with Crippen LogP contribution < -0.4 is 0 Å². The summed E-state index contributed by atoms with van der Waals surface area (Å²) < 4.78 is 33.6. The lowest BCUT2D eigenvalue weighted by molar-refractivity contribution is -0.0686. The van der Waals surface area contributed by atoms with E-state index in [-0.39, 0.29) is 11.0 Å². The highest BCUT2D eigenvalue weighted by Gasteiger charge is 2.64. The van der Waals surface area contributed by atoms with E-state index < -0.39 is 23.7 Å². The fourth-order valence-corrected chi connectivity index (χ4v) is 4.82. The van der Waals surface area contributed by atoms with E-state index in [1.165, 1.54) is 18.8 Å². The molecule has 6 heteroatoms. The molecule has 2 aliphatic carbocycles. The summed E-state index contributed by atoms with van der Waals surface area (Å²) in [6.45, 7) is 4.18. The number of ether oxygens (including phenoxy) is 1. The van der Waals surface area contributed by atoms with Gasteiger partial charge in [-0.05, 0) is 29.9 Å². The van der Waals surface area contributed by atoms with Crippen molar-refractivity contribution in [2.24, 2.45) is 12.5 Å². The van der Waals surface area contributed by atoms with E-state index in [1.54, 1.807) is 0 Å². The summed E-state index contributed by atoms with van der Waals surface area (Å²) in [6.07, 6.45) is 0.0116. The average Bonchev–Trinajstić information content (AvgIpc) is 3.12. The Morgan fingerprint density at radius 2 is 2.08 bits per heavy atom. The Morgan fingerprint density at radius 1 is 1.36 bits per heavy atom. The molecule has 0 amide bonds. The second-order valence-electron chi connectivity index (χ2n) is 7.48. The molecule has 25 heavy (non-hydrogen) atoms. The number of aromatic nitrogens is 2. The number of carbonyl (C=O) groups is 1. The second-order valence-corrected chi connectivity index (χ2v) is 7.48. The molecule has 0 aliphatic heterocycles. The number of esters is 1. The number of nitrogens with zero attached hydrogens (tertiary/aromatic N) is 2. The molecule has 0 N–H and O–H groups in total. The molecule has 132 valence electrons. The minimum Gasteiger partial charge on any atom is -0.450 e. The molecule has 2 unspecified atom stereocenters. The lowest BCUT2D eigenvalue weighted by Crippen LogP contribution is -2.39. The third-order valence-electron chi connectivity index (χ3n) is 6.15. The molecule has 1 aromatic carbocycles. The first kappa shape index (κ1) is 16.2. The molecule has 0 spiro atoms. The minimum atomic E-state index is -2.78. The fraction of sp³-hybridized carbons (Fsp3) is 0.474. The van der Waals surface area contributed by atoms with Gasteiger partial charge < -0.3 is 4.74 Å². The van der Waals surface area contributed by atoms with Crippen LogP contribution in [-0.4, -0.2) is 15.7 Å². The molecule has 1 saturated carbocycles. The first-order valence-corrected chi connectivity index (χ1v) is 8.42. The van der Waals surface area contributed by atoms with Gasteiger partial charge in [0.1, 0.15) is 16.9 Å². The van der Waals surface area contributed by atoms with Crippen molar-refractivity contribution in [3.63, 3.8) is 0 Å². The Bertz CT molecular complexity index is 859. The first-order valence-electron chi connectivity index (χ1n) is 8.42. The number of hydrogen-bond acceptors (Lipinski definition) is 3. The van der Waals surface area contributed by atoms with Crippen LogP contribution in [0.25, 0.3) is 0 Å². The molecule has 1 fully saturated rings. The Hall–Kier alpha value is -2.24. The van der Waals surface area contributed by atoms with E-state index in [9.17, 15) is 13.6 Å². The maximum absolute atomic E-state index is 13.3. The van der Waals surface area contributed by atoms with Crippen molar-refractivity contribution in [2.75, 3.05) is 0 Å². The number of alkyl halides is 2. The molecule has 4 nitrogen and oxygen atoms in total. The fourth-order valence-electron chi connectivity index (χ4n) is 4.82. The predicted octanol–water partition coefficient (Wildman–Crippen LogP) is 4.33. The molecular formula is C19H20F2N2O2. The minimum absolute atomic E-state index is 0.157. The van der Waals surface area contributed by atoms with Crippen LogP contribution in [0.5, 0.6) is 0 Å². The van der Waals surface area contributed by atoms with Gasteiger partial charge in [0.05, 0.1) is 6.20 Å². The molecule has 0 radical (unpaired) electrons. The molecular weight excluding hydrogens is 326 g/mol. The molecule has 2 aliphatic rings. The highest BCUT2D eigenvalue weighted by atomic mass is 19.3. The highest BCUT2D eigenvalue weighted by Crippen LogP contribution is 2.68. The van der Waals surface area contributed by atoms with Gasteiger partial charge in [-0.1, -0.05) is 38.1 Å². The third kappa shape index (κ3) is 1.96. The van der Waals surface area contributed by atoms with Gasteiger partial charge in [-0.2, -0.15) is 5.10 Å². The van der Waals surface area contributed by atoms with Crippen LogP contribution in [0.15, 0.2) is 30.5 Å². The van der Waals surface area contributed by atoms with E-state index in [0.29, 0.717) is 12.3 Å². The van der Waals surface area contributed by atoms with Crippen LogP contribution in [0.4, 0.5) is 8.78 Å². The van der Waals surface area contributed by atoms with Gasteiger partial charge in [0.2, 0.25) is 0 Å². The van der Waals surface area contributed by atoms with Crippen LogP contribution in [0.2, 0.25) is 0 Å². The second kappa shape index (κ2) is 5.13. The predicted molar refractivity (Wildman–Crippen MR) is 87.5 cm³/mol. The molecule has 1 heterocycles. The number of aryl methyl sites for hydroxylation is 1. The monoisotopic (exact) mass is 346 g/mol. The summed E-state index contributed by atoms with van der Waals surface area (Å²) in [5.74, 6) is -0.422. The number of hydrogen-bond donors (Lipinski definition) is 0. The molecule has 2 aromatic rings. The average molecular weight is 346 g/mol. The Morgan fingerprint density at radius 3 is 2.80 bits per heavy atom. The van der Waals surface area contributed by atoms with E-state index in [4.69, 9.17) is 4.74 Å². The lowest BCUT2D eigenvalue weighted by Gasteiger charge is -2.38. The van der Waals surface area contributed by atoms with E-state index in [2.05, 4.69) is 25.0 Å². The van der Waals surface area contributed by atoms with Gasteiger partial charge in [-0.25, -0.2) is 13.6 Å². The van der Waals surface area contributed by atoms with Gasteiger partial charge in [0, 0.05) is 12.5 Å². The third-order valence-corrected chi connectivity index (χ3v) is 6.15. The summed E-state index contributed by atoms with van der Waals surface area (Å²) in [5.41, 5.74) is 0.592. The van der Waals surface area contributed by atoms with Gasteiger partial charge in [-0.15, -0.1) is 0 Å². The van der Waals surface area contributed by atoms with E-state index in [0.717, 1.165) is 16.7 Å². The topological polar surface area (TPSA) is 44.1 Å². The SMILES string of the molecule is Cn1ncc(C(=O)OC23CCC(c4ccccc42)C3(C)C)c1C(F)F. The Balaban J connectivity index is 1.77. The maximum Gasteiger partial charge on any atom is 0.342 e. The van der Waals surface area contributed by atoms with Crippen LogP contribution in [0.1, 0.15) is 66.2 Å². The zero-order valence-corrected chi connectivity index (χ0v) is 14.4. The Labute approximate surface area is 144 Å². The summed E-state index contributed by atoms with van der Waals surface area (Å²) in [6, 6.07) is 7.98.